The summed E-state index contributed by atoms with van der Waals surface area (Å²) in [6.45, 7) is 1.92. The first-order valence-corrected chi connectivity index (χ1v) is 6.43. The quantitative estimate of drug-likeness (QED) is 0.629. The molecule has 0 atom stereocenters. The van der Waals surface area contributed by atoms with Gasteiger partial charge in [0, 0.05) is 18.5 Å². The predicted molar refractivity (Wildman–Crippen MR) is 79.2 cm³/mol. The van der Waals surface area contributed by atoms with Crippen LogP contribution < -0.4 is 0 Å². The second-order valence-electron chi connectivity index (χ2n) is 4.62. The first kappa shape index (κ1) is 14.0. The van der Waals surface area contributed by atoms with E-state index in [0.29, 0.717) is 0 Å². The number of benzene rings is 1. The highest BCUT2D eigenvalue weighted by Gasteiger charge is 2.01. The second kappa shape index (κ2) is 6.66. The van der Waals surface area contributed by atoms with Crippen LogP contribution in [-0.2, 0) is 16.0 Å². The van der Waals surface area contributed by atoms with Gasteiger partial charge in [0.2, 0.25) is 0 Å². The molecule has 102 valence electrons. The second-order valence-corrected chi connectivity index (χ2v) is 4.62. The lowest BCUT2D eigenvalue weighted by atomic mass is 10.0. The van der Waals surface area contributed by atoms with Gasteiger partial charge in [0.15, 0.2) is 0 Å². The van der Waals surface area contributed by atoms with Gasteiger partial charge in [-0.1, -0.05) is 29.8 Å². The Balaban J connectivity index is 2.09. The maximum absolute atomic E-state index is 11.1. The highest BCUT2D eigenvalue weighted by atomic mass is 16.5. The molecular weight excluding hydrogens is 250 g/mol. The minimum Gasteiger partial charge on any atom is -0.466 e. The van der Waals surface area contributed by atoms with Gasteiger partial charge in [-0.25, -0.2) is 4.79 Å². The van der Waals surface area contributed by atoms with E-state index in [0.717, 1.165) is 23.1 Å². The van der Waals surface area contributed by atoms with E-state index in [1.165, 1.54) is 18.7 Å². The van der Waals surface area contributed by atoms with Crippen LogP contribution in [0.4, 0.5) is 0 Å². The fourth-order valence-electron chi connectivity index (χ4n) is 1.99. The van der Waals surface area contributed by atoms with Gasteiger partial charge in [0.1, 0.15) is 0 Å². The molecule has 3 heteroatoms. The zero-order valence-corrected chi connectivity index (χ0v) is 11.7. The number of ether oxygens (including phenoxy) is 1. The molecule has 0 amide bonds. The van der Waals surface area contributed by atoms with Crippen molar-refractivity contribution in [2.24, 2.45) is 0 Å². The van der Waals surface area contributed by atoms with Crippen molar-refractivity contribution in [3.63, 3.8) is 0 Å². The Hall–Kier alpha value is -2.42. The lowest BCUT2D eigenvalue weighted by Crippen LogP contribution is -1.97. The minimum absolute atomic E-state index is 0.309. The smallest absolute Gasteiger partial charge is 0.330 e. The molecule has 0 unspecified atom stereocenters. The summed E-state index contributed by atoms with van der Waals surface area (Å²) in [5, 5.41) is 0. The Morgan fingerprint density at radius 2 is 1.70 bits per heavy atom. The molecule has 1 aromatic carbocycles. The molecule has 2 aromatic rings. The summed E-state index contributed by atoms with van der Waals surface area (Å²) < 4.78 is 4.61. The molecular formula is C17H17NO2. The Labute approximate surface area is 118 Å². The number of nitrogens with zero attached hydrogens (tertiary/aromatic N) is 1. The molecule has 0 fully saturated rings. The first-order chi connectivity index (χ1) is 9.69. The van der Waals surface area contributed by atoms with Gasteiger partial charge in [0.25, 0.3) is 0 Å². The maximum Gasteiger partial charge on any atom is 0.330 e. The van der Waals surface area contributed by atoms with Crippen LogP contribution in [0.1, 0.15) is 12.5 Å². The fourth-order valence-corrected chi connectivity index (χ4v) is 1.99. The van der Waals surface area contributed by atoms with Crippen LogP contribution in [0.5, 0.6) is 0 Å². The van der Waals surface area contributed by atoms with Crippen LogP contribution in [0.15, 0.2) is 60.4 Å². The standard InChI is InChI=1S/C17H17NO2/c1-13(12-17(19)20-2)11-14-3-5-15(6-4-14)16-7-9-18-10-8-16/h3-10,12H,11H2,1-2H3/b13-12+. The van der Waals surface area contributed by atoms with E-state index in [1.807, 2.05) is 19.1 Å². The van der Waals surface area contributed by atoms with Crippen molar-refractivity contribution in [3.8, 4) is 11.1 Å². The van der Waals surface area contributed by atoms with Gasteiger partial charge in [-0.05, 0) is 42.2 Å². The van der Waals surface area contributed by atoms with Crippen molar-refractivity contribution in [1.82, 2.24) is 4.98 Å². The number of esters is 1. The van der Waals surface area contributed by atoms with E-state index in [4.69, 9.17) is 0 Å². The Morgan fingerprint density at radius 1 is 1.10 bits per heavy atom. The summed E-state index contributed by atoms with van der Waals surface area (Å²) in [5.74, 6) is -0.309. The summed E-state index contributed by atoms with van der Waals surface area (Å²) in [7, 11) is 1.38. The molecule has 3 nitrogen and oxygen atoms in total. The van der Waals surface area contributed by atoms with Crippen LogP contribution in [0.25, 0.3) is 11.1 Å². The average molecular weight is 267 g/mol. The van der Waals surface area contributed by atoms with Crippen LogP contribution in [-0.4, -0.2) is 18.1 Å². The van der Waals surface area contributed by atoms with E-state index >= 15 is 0 Å². The Morgan fingerprint density at radius 3 is 2.30 bits per heavy atom. The molecule has 0 saturated heterocycles. The van der Waals surface area contributed by atoms with Crippen molar-refractivity contribution >= 4 is 5.97 Å². The topological polar surface area (TPSA) is 39.2 Å². The molecule has 0 radical (unpaired) electrons. The monoisotopic (exact) mass is 267 g/mol. The summed E-state index contributed by atoms with van der Waals surface area (Å²) >= 11 is 0. The number of rotatable bonds is 4. The van der Waals surface area contributed by atoms with E-state index in [9.17, 15) is 4.79 Å². The van der Waals surface area contributed by atoms with Crippen LogP contribution in [0.3, 0.4) is 0 Å². The predicted octanol–water partition coefficient (Wildman–Crippen LogP) is 3.41. The van der Waals surface area contributed by atoms with Crippen molar-refractivity contribution in [1.29, 1.82) is 0 Å². The van der Waals surface area contributed by atoms with Crippen LogP contribution >= 0.6 is 0 Å². The molecule has 0 aliphatic rings. The van der Waals surface area contributed by atoms with Crippen LogP contribution in [0, 0.1) is 0 Å². The molecule has 2 rings (SSSR count). The van der Waals surface area contributed by atoms with Gasteiger partial charge in [-0.3, -0.25) is 4.98 Å². The van der Waals surface area contributed by atoms with Gasteiger partial charge in [-0.15, -0.1) is 0 Å². The number of aromatic nitrogens is 1. The molecule has 1 heterocycles. The van der Waals surface area contributed by atoms with Gasteiger partial charge in [-0.2, -0.15) is 0 Å². The third-order valence-corrected chi connectivity index (χ3v) is 3.02. The Kier molecular flexibility index (Phi) is 4.66. The number of pyridine rings is 1. The van der Waals surface area contributed by atoms with E-state index in [2.05, 4.69) is 34.0 Å². The van der Waals surface area contributed by atoms with Crippen LogP contribution in [0.2, 0.25) is 0 Å². The number of carbonyl (C=O) groups excluding carboxylic acids is 1. The van der Waals surface area contributed by atoms with Crippen molar-refractivity contribution < 1.29 is 9.53 Å². The number of allylic oxidation sites excluding steroid dienone is 1. The molecule has 1 aromatic heterocycles. The summed E-state index contributed by atoms with van der Waals surface area (Å²) in [6.07, 6.45) is 5.83. The SMILES string of the molecule is COC(=O)/C=C(\C)Cc1ccc(-c2ccncc2)cc1. The van der Waals surface area contributed by atoms with Crippen molar-refractivity contribution in [2.45, 2.75) is 13.3 Å². The third kappa shape index (κ3) is 3.79. The third-order valence-electron chi connectivity index (χ3n) is 3.02. The van der Waals surface area contributed by atoms with Gasteiger partial charge < -0.3 is 4.74 Å². The molecule has 0 aliphatic heterocycles. The number of hydrogen-bond donors (Lipinski definition) is 0. The lowest BCUT2D eigenvalue weighted by Gasteiger charge is -2.05. The highest BCUT2D eigenvalue weighted by molar-refractivity contribution is 5.82. The van der Waals surface area contributed by atoms with E-state index in [1.54, 1.807) is 12.4 Å². The molecule has 20 heavy (non-hydrogen) atoms. The number of carbonyl (C=O) groups is 1. The Bertz CT molecular complexity index is 601. The number of methoxy groups -OCH3 is 1. The first-order valence-electron chi connectivity index (χ1n) is 6.43. The lowest BCUT2D eigenvalue weighted by molar-refractivity contribution is -0.134. The molecule has 0 spiro atoms. The molecule has 0 aliphatic carbocycles. The normalized spacial score (nSPS) is 11.2. The van der Waals surface area contributed by atoms with E-state index < -0.39 is 0 Å². The zero-order valence-electron chi connectivity index (χ0n) is 11.7. The molecule has 0 bridgehead atoms. The molecule has 0 saturated carbocycles. The number of hydrogen-bond acceptors (Lipinski definition) is 3. The average Bonchev–Trinajstić information content (AvgIpc) is 2.48. The molecule has 0 N–H and O–H groups in total. The van der Waals surface area contributed by atoms with E-state index in [-0.39, 0.29) is 5.97 Å². The van der Waals surface area contributed by atoms with Crippen molar-refractivity contribution in [2.75, 3.05) is 7.11 Å². The fraction of sp³-hybridized carbons (Fsp3) is 0.176. The largest absolute Gasteiger partial charge is 0.466 e. The zero-order chi connectivity index (χ0) is 14.4. The maximum atomic E-state index is 11.1. The van der Waals surface area contributed by atoms with Gasteiger partial charge >= 0.3 is 5.97 Å². The summed E-state index contributed by atoms with van der Waals surface area (Å²) in [6, 6.07) is 12.3. The summed E-state index contributed by atoms with van der Waals surface area (Å²) in [5.41, 5.74) is 4.45. The minimum atomic E-state index is -0.309. The van der Waals surface area contributed by atoms with Gasteiger partial charge in [0.05, 0.1) is 7.11 Å². The van der Waals surface area contributed by atoms with Crippen molar-refractivity contribution in [3.05, 3.63) is 66.0 Å². The summed E-state index contributed by atoms with van der Waals surface area (Å²) in [4.78, 5) is 15.2. The highest BCUT2D eigenvalue weighted by Crippen LogP contribution is 2.19.